The van der Waals surface area contributed by atoms with E-state index in [0.29, 0.717) is 0 Å². The van der Waals surface area contributed by atoms with Crippen LogP contribution >= 0.6 is 0 Å². The highest BCUT2D eigenvalue weighted by Gasteiger charge is 2.61. The first-order chi connectivity index (χ1) is 26.7. The number of fused-ring (bicyclic) bond motifs is 6. The summed E-state index contributed by atoms with van der Waals surface area (Å²) in [7, 11) is 0. The summed E-state index contributed by atoms with van der Waals surface area (Å²) in [6.45, 7) is 0. The Morgan fingerprint density at radius 2 is 1.00 bits per heavy atom. The maximum Gasteiger partial charge on any atom is 0.0541 e. The van der Waals surface area contributed by atoms with Gasteiger partial charge in [-0.25, -0.2) is 0 Å². The van der Waals surface area contributed by atoms with Gasteiger partial charge in [-0.3, -0.25) is 0 Å². The predicted octanol–water partition coefficient (Wildman–Crippen LogP) is 13.6. The second-order valence-electron chi connectivity index (χ2n) is 16.6. The molecule has 54 heavy (non-hydrogen) atoms. The zero-order chi connectivity index (χ0) is 35.4. The lowest BCUT2D eigenvalue weighted by Crippen LogP contribution is -2.55. The molecule has 0 amide bonds. The first-order valence-electron chi connectivity index (χ1n) is 20.0. The molecule has 260 valence electrons. The highest BCUT2D eigenvalue weighted by molar-refractivity contribution is 6.09. The van der Waals surface area contributed by atoms with Crippen molar-refractivity contribution in [2.24, 2.45) is 23.7 Å². The van der Waals surface area contributed by atoms with Gasteiger partial charge in [-0.1, -0.05) is 109 Å². The van der Waals surface area contributed by atoms with Gasteiger partial charge in [0.25, 0.3) is 0 Å². The molecule has 5 aliphatic carbocycles. The molecular weight excluding hydrogens is 653 g/mol. The Bertz CT molecular complexity index is 2650. The molecule has 8 aromatic rings. The molecule has 1 aromatic heterocycles. The molecule has 1 spiro atoms. The van der Waals surface area contributed by atoms with Crippen LogP contribution in [-0.4, -0.2) is 4.57 Å². The number of hydrogen-bond acceptors (Lipinski definition) is 1. The molecule has 4 bridgehead atoms. The molecule has 4 saturated carbocycles. The van der Waals surface area contributed by atoms with Crippen molar-refractivity contribution in [1.29, 1.82) is 0 Å². The van der Waals surface area contributed by atoms with Gasteiger partial charge in [0, 0.05) is 38.9 Å². The minimum Gasteiger partial charge on any atom is -0.310 e. The summed E-state index contributed by atoms with van der Waals surface area (Å²) < 4.78 is 2.40. The van der Waals surface area contributed by atoms with Crippen LogP contribution in [0.2, 0.25) is 0 Å². The van der Waals surface area contributed by atoms with Crippen molar-refractivity contribution in [3.63, 3.8) is 0 Å². The van der Waals surface area contributed by atoms with Crippen molar-refractivity contribution in [2.45, 2.75) is 37.5 Å². The fourth-order valence-electron chi connectivity index (χ4n) is 12.1. The number of benzene rings is 7. The van der Waals surface area contributed by atoms with E-state index in [1.54, 1.807) is 11.1 Å². The van der Waals surface area contributed by atoms with Crippen LogP contribution in [0.4, 0.5) is 17.1 Å². The molecule has 0 radical (unpaired) electrons. The molecule has 2 heteroatoms. The van der Waals surface area contributed by atoms with Crippen LogP contribution in [-0.2, 0) is 5.41 Å². The fraction of sp³-hybridized carbons (Fsp3) is 0.192. The van der Waals surface area contributed by atoms with E-state index in [4.69, 9.17) is 0 Å². The van der Waals surface area contributed by atoms with Gasteiger partial charge in [0.15, 0.2) is 0 Å². The summed E-state index contributed by atoms with van der Waals surface area (Å²) in [4.78, 5) is 2.39. The molecular formula is C52H42N2. The second kappa shape index (κ2) is 11.6. The Hall–Kier alpha value is -5.86. The average Bonchev–Trinajstić information content (AvgIpc) is 3.71. The van der Waals surface area contributed by atoms with Crippen LogP contribution in [0.3, 0.4) is 0 Å². The smallest absolute Gasteiger partial charge is 0.0541 e. The van der Waals surface area contributed by atoms with Crippen LogP contribution in [0.5, 0.6) is 0 Å². The summed E-state index contributed by atoms with van der Waals surface area (Å²) in [6, 6.07) is 63.4. The molecule has 0 atom stereocenters. The Labute approximate surface area is 317 Å². The maximum absolute atomic E-state index is 2.54. The van der Waals surface area contributed by atoms with Crippen LogP contribution in [0.25, 0.3) is 49.7 Å². The average molecular weight is 695 g/mol. The van der Waals surface area contributed by atoms with E-state index in [9.17, 15) is 0 Å². The standard InChI is InChI=1S/C52H42N2/c1-2-11-40(12-3-1)53(42-13-10-14-43(33-42)54-50-19-8-5-16-45(50)46-17-6-9-20-51(46)54)41-24-21-36(22-25-41)37-23-26-49-47(32-37)44-15-4-7-18-48(44)52(49)38-28-34-27-35(30-38)31-39(52)29-34/h1-26,32-35,38-39H,27-31H2. The summed E-state index contributed by atoms with van der Waals surface area (Å²) in [5.41, 5.74) is 16.0. The van der Waals surface area contributed by atoms with E-state index in [1.807, 2.05) is 0 Å². The minimum absolute atomic E-state index is 0.214. The largest absolute Gasteiger partial charge is 0.310 e. The lowest BCUT2D eigenvalue weighted by atomic mass is 9.43. The number of anilines is 3. The van der Waals surface area contributed by atoms with E-state index < -0.39 is 0 Å². The Balaban J connectivity index is 0.941. The summed E-state index contributed by atoms with van der Waals surface area (Å²) in [6.07, 6.45) is 7.17. The third kappa shape index (κ3) is 4.28. The van der Waals surface area contributed by atoms with Crippen molar-refractivity contribution < 1.29 is 0 Å². The molecule has 0 aliphatic heterocycles. The zero-order valence-electron chi connectivity index (χ0n) is 30.4. The quantitative estimate of drug-likeness (QED) is 0.174. The highest BCUT2D eigenvalue weighted by atomic mass is 15.1. The molecule has 2 nitrogen and oxygen atoms in total. The van der Waals surface area contributed by atoms with E-state index in [-0.39, 0.29) is 5.41 Å². The number of para-hydroxylation sites is 3. The molecule has 0 N–H and O–H groups in total. The first-order valence-corrected chi connectivity index (χ1v) is 20.0. The van der Waals surface area contributed by atoms with E-state index >= 15 is 0 Å². The van der Waals surface area contributed by atoms with Crippen molar-refractivity contribution >= 4 is 38.9 Å². The van der Waals surface area contributed by atoms with Gasteiger partial charge in [-0.2, -0.15) is 0 Å². The summed E-state index contributed by atoms with van der Waals surface area (Å²) in [5.74, 6) is 3.50. The van der Waals surface area contributed by atoms with Crippen molar-refractivity contribution in [2.75, 3.05) is 4.90 Å². The van der Waals surface area contributed by atoms with Crippen molar-refractivity contribution in [3.05, 3.63) is 181 Å². The number of rotatable bonds is 5. The Morgan fingerprint density at radius 1 is 0.426 bits per heavy atom. The van der Waals surface area contributed by atoms with Crippen molar-refractivity contribution in [1.82, 2.24) is 4.57 Å². The number of hydrogen-bond donors (Lipinski definition) is 0. The summed E-state index contributed by atoms with van der Waals surface area (Å²) in [5, 5.41) is 2.55. The van der Waals surface area contributed by atoms with Crippen LogP contribution in [0.1, 0.15) is 43.2 Å². The topological polar surface area (TPSA) is 8.17 Å². The van der Waals surface area contributed by atoms with E-state index in [0.717, 1.165) is 46.4 Å². The van der Waals surface area contributed by atoms with Crippen molar-refractivity contribution in [3.8, 4) is 27.9 Å². The lowest BCUT2D eigenvalue weighted by Gasteiger charge is -2.61. The SMILES string of the molecule is c1ccc(N(c2ccc(-c3ccc4c(c3)-c3ccccc3C43C4CC5CC(C4)CC3C5)cc2)c2cccc(-n3c4ccccc4c4ccccc43)c2)cc1. The molecule has 7 aromatic carbocycles. The molecule has 4 fully saturated rings. The van der Waals surface area contributed by atoms with Gasteiger partial charge in [0.05, 0.1) is 11.0 Å². The molecule has 1 heterocycles. The van der Waals surface area contributed by atoms with Crippen LogP contribution in [0, 0.1) is 23.7 Å². The molecule has 5 aliphatic rings. The summed E-state index contributed by atoms with van der Waals surface area (Å²) >= 11 is 0. The molecule has 13 rings (SSSR count). The fourth-order valence-corrected chi connectivity index (χ4v) is 12.1. The molecule has 0 unspecified atom stereocenters. The van der Waals surface area contributed by atoms with Gasteiger partial charge in [0.2, 0.25) is 0 Å². The molecule has 0 saturated heterocycles. The van der Waals surface area contributed by atoms with Crippen LogP contribution < -0.4 is 4.90 Å². The normalized spacial score (nSPS) is 23.3. The Morgan fingerprint density at radius 3 is 1.72 bits per heavy atom. The maximum atomic E-state index is 2.54. The highest BCUT2D eigenvalue weighted by Crippen LogP contribution is 2.69. The van der Waals surface area contributed by atoms with Gasteiger partial charge in [0.1, 0.15) is 0 Å². The van der Waals surface area contributed by atoms with Gasteiger partial charge in [-0.15, -0.1) is 0 Å². The second-order valence-corrected chi connectivity index (χ2v) is 16.6. The van der Waals surface area contributed by atoms with E-state index in [1.165, 1.54) is 76.2 Å². The third-order valence-electron chi connectivity index (χ3n) is 14.0. The lowest BCUT2D eigenvalue weighted by molar-refractivity contribution is -0.0399. The van der Waals surface area contributed by atoms with Crippen LogP contribution in [0.15, 0.2) is 170 Å². The van der Waals surface area contributed by atoms with Gasteiger partial charge < -0.3 is 9.47 Å². The van der Waals surface area contributed by atoms with E-state index in [2.05, 4.69) is 179 Å². The monoisotopic (exact) mass is 694 g/mol. The predicted molar refractivity (Wildman–Crippen MR) is 224 cm³/mol. The minimum atomic E-state index is 0.214. The van der Waals surface area contributed by atoms with Gasteiger partial charge >= 0.3 is 0 Å². The first kappa shape index (κ1) is 30.6. The van der Waals surface area contributed by atoms with Gasteiger partial charge in [-0.05, 0) is 150 Å². The Kier molecular flexibility index (Phi) is 6.55. The zero-order valence-corrected chi connectivity index (χ0v) is 30.4. The number of aromatic nitrogens is 1. The number of nitrogens with zero attached hydrogens (tertiary/aromatic N) is 2. The third-order valence-corrected chi connectivity index (χ3v) is 14.0.